The zero-order valence-electron chi connectivity index (χ0n) is 14.0. The molecule has 0 spiro atoms. The topological polar surface area (TPSA) is 31.4 Å². The van der Waals surface area contributed by atoms with Crippen LogP contribution in [0.5, 0.6) is 11.5 Å². The third kappa shape index (κ3) is 2.85. The Morgan fingerprint density at radius 3 is 2.36 bits per heavy atom. The van der Waals surface area contributed by atoms with Crippen LogP contribution < -0.4 is 9.47 Å². The van der Waals surface area contributed by atoms with E-state index in [0.29, 0.717) is 0 Å². The number of hydrogen-bond donors (Lipinski definition) is 0. The van der Waals surface area contributed by atoms with Crippen molar-refractivity contribution >= 4 is 22.2 Å². The van der Waals surface area contributed by atoms with Crippen LogP contribution >= 0.6 is 11.3 Å². The van der Waals surface area contributed by atoms with E-state index in [1.165, 1.54) is 11.1 Å². The van der Waals surface area contributed by atoms with Gasteiger partial charge in [-0.05, 0) is 69.4 Å². The van der Waals surface area contributed by atoms with Crippen LogP contribution in [-0.2, 0) is 0 Å². The summed E-state index contributed by atoms with van der Waals surface area (Å²) in [4.78, 5) is 4.51. The third-order valence-corrected chi connectivity index (χ3v) is 4.97. The zero-order valence-corrected chi connectivity index (χ0v) is 14.8. The molecule has 124 valence electrons. The first kappa shape index (κ1) is 15.7. The second-order valence-electron chi connectivity index (χ2n) is 5.67. The zero-order chi connectivity index (χ0) is 17.2. The van der Waals surface area contributed by atoms with E-state index in [4.69, 9.17) is 9.47 Å². The monoisotopic (exact) mass is 347 g/mol. The van der Waals surface area contributed by atoms with Gasteiger partial charge in [0, 0.05) is 11.6 Å². The molecule has 4 heteroatoms. The Bertz CT molecular complexity index is 1030. The molecule has 3 nitrogen and oxygen atoms in total. The lowest BCUT2D eigenvalue weighted by molar-refractivity contribution is 0.355. The Morgan fingerprint density at radius 1 is 0.800 bits per heavy atom. The summed E-state index contributed by atoms with van der Waals surface area (Å²) in [6.07, 6.45) is 1.87. The molecule has 0 amide bonds. The molecule has 4 aromatic rings. The molecule has 2 aromatic carbocycles. The molecule has 0 fully saturated rings. The number of rotatable bonds is 4. The molecule has 0 aliphatic rings. The summed E-state index contributed by atoms with van der Waals surface area (Å²) in [5.74, 6) is 1.46. The van der Waals surface area contributed by atoms with Gasteiger partial charge in [-0.2, -0.15) is 11.3 Å². The van der Waals surface area contributed by atoms with E-state index >= 15 is 0 Å². The smallest absolute Gasteiger partial charge is 0.161 e. The summed E-state index contributed by atoms with van der Waals surface area (Å²) in [7, 11) is 3.30. The van der Waals surface area contributed by atoms with Gasteiger partial charge in [0.05, 0.1) is 19.7 Å². The predicted molar refractivity (Wildman–Crippen MR) is 104 cm³/mol. The molecule has 0 radical (unpaired) electrons. The normalized spacial score (nSPS) is 10.8. The molecule has 0 aliphatic carbocycles. The van der Waals surface area contributed by atoms with Crippen LogP contribution in [0.4, 0.5) is 0 Å². The highest BCUT2D eigenvalue weighted by Gasteiger charge is 2.09. The minimum absolute atomic E-state index is 0.726. The van der Waals surface area contributed by atoms with Crippen LogP contribution in [-0.4, -0.2) is 19.2 Å². The third-order valence-electron chi connectivity index (χ3n) is 4.29. The van der Waals surface area contributed by atoms with Crippen LogP contribution in [0.2, 0.25) is 0 Å². The standard InChI is InChI=1S/C21H17NO2S/c1-23-20-6-4-15(12-21(20)24-2)14-3-5-19-18(11-14)17(7-9-22-19)16-8-10-25-13-16/h3-13H,1-2H3. The molecule has 0 unspecified atom stereocenters. The number of aromatic nitrogens is 1. The molecule has 0 saturated carbocycles. The number of nitrogens with zero attached hydrogens (tertiary/aromatic N) is 1. The molecule has 4 rings (SSSR count). The van der Waals surface area contributed by atoms with E-state index < -0.39 is 0 Å². The molecule has 0 atom stereocenters. The maximum Gasteiger partial charge on any atom is 0.161 e. The molecule has 0 N–H and O–H groups in total. The average Bonchev–Trinajstić information content (AvgIpc) is 3.21. The summed E-state index contributed by atoms with van der Waals surface area (Å²) in [5.41, 5.74) is 5.63. The first-order chi connectivity index (χ1) is 12.3. The summed E-state index contributed by atoms with van der Waals surface area (Å²) in [6.45, 7) is 0. The largest absolute Gasteiger partial charge is 0.493 e. The van der Waals surface area contributed by atoms with Crippen molar-refractivity contribution < 1.29 is 9.47 Å². The molecule has 25 heavy (non-hydrogen) atoms. The van der Waals surface area contributed by atoms with Crippen molar-refractivity contribution in [3.05, 3.63) is 65.5 Å². The summed E-state index contributed by atoms with van der Waals surface area (Å²) < 4.78 is 10.8. The molecule has 0 saturated heterocycles. The molecular formula is C21H17NO2S. The Kier molecular flexibility index (Phi) is 4.12. The first-order valence-electron chi connectivity index (χ1n) is 7.94. The minimum atomic E-state index is 0.726. The van der Waals surface area contributed by atoms with Crippen molar-refractivity contribution in [1.82, 2.24) is 4.98 Å². The Hall–Kier alpha value is -2.85. The van der Waals surface area contributed by atoms with Gasteiger partial charge in [0.2, 0.25) is 0 Å². The van der Waals surface area contributed by atoms with E-state index in [1.54, 1.807) is 25.6 Å². The van der Waals surface area contributed by atoms with Crippen molar-refractivity contribution in [1.29, 1.82) is 0 Å². The van der Waals surface area contributed by atoms with Gasteiger partial charge in [-0.25, -0.2) is 0 Å². The molecule has 0 aliphatic heterocycles. The minimum Gasteiger partial charge on any atom is -0.493 e. The maximum absolute atomic E-state index is 5.43. The Balaban J connectivity index is 1.88. The molecule has 2 aromatic heterocycles. The predicted octanol–water partition coefficient (Wildman–Crippen LogP) is 5.65. The summed E-state index contributed by atoms with van der Waals surface area (Å²) >= 11 is 1.70. The Morgan fingerprint density at radius 2 is 1.60 bits per heavy atom. The van der Waals surface area contributed by atoms with Gasteiger partial charge < -0.3 is 9.47 Å². The van der Waals surface area contributed by atoms with Crippen molar-refractivity contribution in [2.45, 2.75) is 0 Å². The average molecular weight is 347 g/mol. The fourth-order valence-corrected chi connectivity index (χ4v) is 3.67. The van der Waals surface area contributed by atoms with Gasteiger partial charge in [0.1, 0.15) is 0 Å². The van der Waals surface area contributed by atoms with E-state index in [2.05, 4.69) is 46.1 Å². The van der Waals surface area contributed by atoms with Gasteiger partial charge in [-0.1, -0.05) is 12.1 Å². The number of thiophene rings is 1. The molecule has 2 heterocycles. The SMILES string of the molecule is COc1ccc(-c2ccc3nccc(-c4ccsc4)c3c2)cc1OC. The van der Waals surface area contributed by atoms with Crippen LogP contribution in [0.25, 0.3) is 33.2 Å². The van der Waals surface area contributed by atoms with Crippen molar-refractivity contribution in [3.8, 4) is 33.8 Å². The van der Waals surface area contributed by atoms with Crippen molar-refractivity contribution in [2.75, 3.05) is 14.2 Å². The summed E-state index contributed by atoms with van der Waals surface area (Å²) in [5, 5.41) is 5.41. The van der Waals surface area contributed by atoms with Crippen LogP contribution in [0, 0.1) is 0 Å². The van der Waals surface area contributed by atoms with E-state index in [0.717, 1.165) is 33.5 Å². The Labute approximate surface area is 150 Å². The van der Waals surface area contributed by atoms with Gasteiger partial charge in [-0.3, -0.25) is 4.98 Å². The van der Waals surface area contributed by atoms with Crippen LogP contribution in [0.3, 0.4) is 0 Å². The number of fused-ring (bicyclic) bond motifs is 1. The highest BCUT2D eigenvalue weighted by molar-refractivity contribution is 7.08. The van der Waals surface area contributed by atoms with Crippen LogP contribution in [0.1, 0.15) is 0 Å². The van der Waals surface area contributed by atoms with Crippen molar-refractivity contribution in [2.24, 2.45) is 0 Å². The number of hydrogen-bond acceptors (Lipinski definition) is 4. The number of pyridine rings is 1. The molecule has 0 bridgehead atoms. The number of ether oxygens (including phenoxy) is 2. The number of methoxy groups -OCH3 is 2. The van der Waals surface area contributed by atoms with Gasteiger partial charge >= 0.3 is 0 Å². The van der Waals surface area contributed by atoms with E-state index in [-0.39, 0.29) is 0 Å². The van der Waals surface area contributed by atoms with Crippen molar-refractivity contribution in [3.63, 3.8) is 0 Å². The van der Waals surface area contributed by atoms with Gasteiger partial charge in [0.15, 0.2) is 11.5 Å². The quantitative estimate of drug-likeness (QED) is 0.478. The lowest BCUT2D eigenvalue weighted by atomic mass is 9.98. The highest BCUT2D eigenvalue weighted by Crippen LogP contribution is 2.35. The second-order valence-corrected chi connectivity index (χ2v) is 6.45. The number of benzene rings is 2. The second kappa shape index (κ2) is 6.57. The first-order valence-corrected chi connectivity index (χ1v) is 8.88. The fourth-order valence-electron chi connectivity index (χ4n) is 3.01. The van der Waals surface area contributed by atoms with E-state index in [1.807, 2.05) is 24.4 Å². The lowest BCUT2D eigenvalue weighted by Gasteiger charge is -2.11. The van der Waals surface area contributed by atoms with Gasteiger partial charge in [-0.15, -0.1) is 0 Å². The van der Waals surface area contributed by atoms with Gasteiger partial charge in [0.25, 0.3) is 0 Å². The highest BCUT2D eigenvalue weighted by atomic mass is 32.1. The van der Waals surface area contributed by atoms with Crippen LogP contribution in [0.15, 0.2) is 65.5 Å². The van der Waals surface area contributed by atoms with E-state index in [9.17, 15) is 0 Å². The maximum atomic E-state index is 5.43. The lowest BCUT2D eigenvalue weighted by Crippen LogP contribution is -1.91. The summed E-state index contributed by atoms with van der Waals surface area (Å²) in [6, 6.07) is 16.5. The molecular weight excluding hydrogens is 330 g/mol. The fraction of sp³-hybridized carbons (Fsp3) is 0.0952.